The van der Waals surface area contributed by atoms with Crippen LogP contribution < -0.4 is 10.1 Å². The zero-order chi connectivity index (χ0) is 24.2. The van der Waals surface area contributed by atoms with E-state index in [2.05, 4.69) is 20.4 Å². The summed E-state index contributed by atoms with van der Waals surface area (Å²) in [6.07, 6.45) is 2.66. The fourth-order valence-electron chi connectivity index (χ4n) is 3.88. The van der Waals surface area contributed by atoms with Gasteiger partial charge < -0.3 is 15.2 Å². The lowest BCUT2D eigenvalue weighted by molar-refractivity contribution is 0.0748. The normalized spacial score (nSPS) is 17.9. The zero-order valence-electron chi connectivity index (χ0n) is 18.5. The van der Waals surface area contributed by atoms with Crippen molar-refractivity contribution in [2.45, 2.75) is 45.2 Å². The van der Waals surface area contributed by atoms with Crippen LogP contribution in [-0.4, -0.2) is 62.6 Å². The number of hydrogen-bond donors (Lipinski definition) is 2. The minimum absolute atomic E-state index is 0.128. The van der Waals surface area contributed by atoms with Gasteiger partial charge in [0, 0.05) is 24.6 Å². The number of carbonyl (C=O) groups is 1. The number of ether oxygens (including phenoxy) is 1. The summed E-state index contributed by atoms with van der Waals surface area (Å²) in [4.78, 5) is 21.2. The topological polar surface area (TPSA) is 136 Å². The van der Waals surface area contributed by atoms with Gasteiger partial charge in [-0.3, -0.25) is 9.78 Å². The highest BCUT2D eigenvalue weighted by Gasteiger charge is 2.45. The van der Waals surface area contributed by atoms with Gasteiger partial charge in [-0.25, -0.2) is 22.5 Å². The number of fused-ring (bicyclic) bond motifs is 1. The van der Waals surface area contributed by atoms with Gasteiger partial charge in [0.05, 0.1) is 40.7 Å². The first-order chi connectivity index (χ1) is 15.3. The van der Waals surface area contributed by atoms with E-state index in [1.54, 1.807) is 26.8 Å². The fraction of sp³-hybridized carbons (Fsp3) is 0.429. The molecule has 0 aliphatic carbocycles. The molecule has 0 radical (unpaired) electrons. The van der Waals surface area contributed by atoms with Crippen LogP contribution in [0.1, 0.15) is 43.7 Å². The molecule has 176 valence electrons. The molecule has 33 heavy (non-hydrogen) atoms. The van der Waals surface area contributed by atoms with Gasteiger partial charge in [-0.05, 0) is 26.8 Å². The number of alkyl halides is 1. The Hall–Kier alpha value is -3.12. The third-order valence-corrected chi connectivity index (χ3v) is 7.25. The van der Waals surface area contributed by atoms with Crippen LogP contribution in [0.2, 0.25) is 0 Å². The van der Waals surface area contributed by atoms with E-state index in [0.717, 1.165) is 0 Å². The van der Waals surface area contributed by atoms with Crippen LogP contribution in [0.3, 0.4) is 0 Å². The minimum Gasteiger partial charge on any atom is -0.459 e. The lowest BCUT2D eigenvalue weighted by Crippen LogP contribution is -2.63. The quantitative estimate of drug-likeness (QED) is 0.547. The summed E-state index contributed by atoms with van der Waals surface area (Å²) in [6.45, 7) is 6.01. The highest BCUT2D eigenvalue weighted by atomic mass is 32.2. The summed E-state index contributed by atoms with van der Waals surface area (Å²) in [5, 5.41) is 18.3. The fourth-order valence-corrected chi connectivity index (χ4v) is 5.88. The molecule has 1 aliphatic rings. The number of carbonyl (C=O) groups excluding carboxylic acids is 1. The second kappa shape index (κ2) is 7.73. The molecule has 2 N–H and O–H groups in total. The van der Waals surface area contributed by atoms with E-state index in [-0.39, 0.29) is 28.5 Å². The van der Waals surface area contributed by atoms with Gasteiger partial charge >= 0.3 is 0 Å². The molecule has 10 nitrogen and oxygen atoms in total. The molecule has 1 saturated heterocycles. The summed E-state index contributed by atoms with van der Waals surface area (Å²) >= 11 is 0. The zero-order valence-corrected chi connectivity index (χ0v) is 19.4. The van der Waals surface area contributed by atoms with Gasteiger partial charge in [0.1, 0.15) is 17.0 Å². The molecule has 0 saturated carbocycles. The summed E-state index contributed by atoms with van der Waals surface area (Å²) in [7, 11) is -3.13. The van der Waals surface area contributed by atoms with Crippen LogP contribution in [0.5, 0.6) is 5.75 Å². The number of nitrogens with zero attached hydrogens (tertiary/aromatic N) is 4. The van der Waals surface area contributed by atoms with Gasteiger partial charge in [0.25, 0.3) is 5.91 Å². The van der Waals surface area contributed by atoms with Crippen molar-refractivity contribution in [2.24, 2.45) is 0 Å². The predicted octanol–water partition coefficient (Wildman–Crippen LogP) is 1.65. The first kappa shape index (κ1) is 23.1. The third-order valence-electron chi connectivity index (χ3n) is 5.10. The second-order valence-corrected chi connectivity index (χ2v) is 11.1. The molecular formula is C21H24FN5O5S. The lowest BCUT2D eigenvalue weighted by Gasteiger charge is -2.38. The predicted molar refractivity (Wildman–Crippen MR) is 118 cm³/mol. The largest absolute Gasteiger partial charge is 0.459 e. The number of pyridine rings is 2. The summed E-state index contributed by atoms with van der Waals surface area (Å²) < 4.78 is 42.8. The van der Waals surface area contributed by atoms with E-state index in [1.165, 1.54) is 36.3 Å². The van der Waals surface area contributed by atoms with Crippen LogP contribution in [0, 0.1) is 0 Å². The van der Waals surface area contributed by atoms with E-state index in [9.17, 15) is 22.7 Å². The molecule has 4 heterocycles. The van der Waals surface area contributed by atoms with Crippen molar-refractivity contribution in [2.75, 3.05) is 11.5 Å². The maximum absolute atomic E-state index is 13.3. The Labute approximate surface area is 189 Å². The molecule has 12 heteroatoms. The molecule has 0 bridgehead atoms. The lowest BCUT2D eigenvalue weighted by atomic mass is 10.0. The Morgan fingerprint density at radius 1 is 1.30 bits per heavy atom. The SMILES string of the molecule is CC(F)Oc1cncc(-n2nc(C(C)(C)O)c3cc(C(=O)NC4(C)CS(=O)(=O)C4)cnc32)c1. The molecule has 1 atom stereocenters. The number of hydrogen-bond acceptors (Lipinski definition) is 8. The molecule has 0 aromatic carbocycles. The summed E-state index contributed by atoms with van der Waals surface area (Å²) in [6, 6.07) is 3.08. The van der Waals surface area contributed by atoms with Crippen molar-refractivity contribution in [3.8, 4) is 11.4 Å². The van der Waals surface area contributed by atoms with E-state index < -0.39 is 33.2 Å². The number of aliphatic hydroxyl groups is 1. The average Bonchev–Trinajstić information content (AvgIpc) is 3.05. The molecule has 1 unspecified atom stereocenters. The number of aromatic nitrogens is 4. The highest BCUT2D eigenvalue weighted by Crippen LogP contribution is 2.30. The Balaban J connectivity index is 1.75. The van der Waals surface area contributed by atoms with Gasteiger partial charge in [-0.1, -0.05) is 0 Å². The van der Waals surface area contributed by atoms with Crippen molar-refractivity contribution in [3.63, 3.8) is 0 Å². The molecule has 1 aliphatic heterocycles. The first-order valence-corrected chi connectivity index (χ1v) is 12.0. The summed E-state index contributed by atoms with van der Waals surface area (Å²) in [5.74, 6) is -0.546. The molecule has 0 spiro atoms. The number of sulfone groups is 1. The molecular weight excluding hydrogens is 453 g/mol. The van der Waals surface area contributed by atoms with E-state index in [4.69, 9.17) is 4.74 Å². The number of rotatable bonds is 6. The third kappa shape index (κ3) is 4.67. The van der Waals surface area contributed by atoms with E-state index >= 15 is 0 Å². The molecule has 3 aromatic heterocycles. The van der Waals surface area contributed by atoms with Crippen molar-refractivity contribution >= 4 is 26.8 Å². The number of halogens is 1. The van der Waals surface area contributed by atoms with E-state index in [0.29, 0.717) is 16.7 Å². The first-order valence-electron chi connectivity index (χ1n) is 10.2. The molecule has 3 aromatic rings. The van der Waals surface area contributed by atoms with Crippen molar-refractivity contribution < 1.29 is 27.4 Å². The number of nitrogens with one attached hydrogen (secondary N) is 1. The summed E-state index contributed by atoms with van der Waals surface area (Å²) in [5.41, 5.74) is -0.988. The van der Waals surface area contributed by atoms with Crippen LogP contribution in [0.4, 0.5) is 4.39 Å². The van der Waals surface area contributed by atoms with Crippen molar-refractivity contribution in [3.05, 3.63) is 42.0 Å². The van der Waals surface area contributed by atoms with Crippen LogP contribution in [0.25, 0.3) is 16.7 Å². The van der Waals surface area contributed by atoms with Crippen LogP contribution in [0.15, 0.2) is 30.7 Å². The second-order valence-electron chi connectivity index (χ2n) is 9.00. The molecule has 1 amide bonds. The Morgan fingerprint density at radius 2 is 2.00 bits per heavy atom. The van der Waals surface area contributed by atoms with Gasteiger partial charge in [-0.15, -0.1) is 0 Å². The van der Waals surface area contributed by atoms with Crippen molar-refractivity contribution in [1.82, 2.24) is 25.1 Å². The van der Waals surface area contributed by atoms with Crippen LogP contribution >= 0.6 is 0 Å². The highest BCUT2D eigenvalue weighted by molar-refractivity contribution is 7.93. The van der Waals surface area contributed by atoms with Gasteiger partial charge in [0.2, 0.25) is 6.36 Å². The minimum atomic E-state index is -3.13. The molecule has 1 fully saturated rings. The maximum Gasteiger partial charge on any atom is 0.253 e. The smallest absolute Gasteiger partial charge is 0.253 e. The van der Waals surface area contributed by atoms with Crippen molar-refractivity contribution in [1.29, 1.82) is 0 Å². The Kier molecular flexibility index (Phi) is 5.40. The standard InChI is InChI=1S/C21H24FN5O5S/c1-12(22)32-15-6-14(8-23-9-15)27-18-16(17(26-27)20(2,3)29)5-13(7-24-18)19(28)25-21(4)10-33(30,31)11-21/h5-9,12,29H,10-11H2,1-4H3,(H,25,28). The maximum atomic E-state index is 13.3. The number of amides is 1. The van der Waals surface area contributed by atoms with Gasteiger partial charge in [0.15, 0.2) is 15.5 Å². The van der Waals surface area contributed by atoms with Crippen LogP contribution in [-0.2, 0) is 15.4 Å². The average molecular weight is 478 g/mol. The van der Waals surface area contributed by atoms with E-state index in [1.807, 2.05) is 0 Å². The monoisotopic (exact) mass is 477 g/mol. The van der Waals surface area contributed by atoms with Gasteiger partial charge in [-0.2, -0.15) is 5.10 Å². The Bertz CT molecular complexity index is 1330. The Morgan fingerprint density at radius 3 is 2.61 bits per heavy atom. The molecule has 4 rings (SSSR count).